The van der Waals surface area contributed by atoms with E-state index in [0.717, 1.165) is 5.69 Å². The molecule has 0 saturated heterocycles. The zero-order valence-corrected chi connectivity index (χ0v) is 15.8. The first-order valence-corrected chi connectivity index (χ1v) is 9.17. The number of benzene rings is 3. The molecule has 3 aromatic carbocycles. The number of rotatable bonds is 5. The molecule has 1 heterocycles. The van der Waals surface area contributed by atoms with Crippen LogP contribution in [0.1, 0.15) is 10.4 Å². The Bertz CT molecular complexity index is 1120. The van der Waals surface area contributed by atoms with Crippen LogP contribution in [0, 0.1) is 0 Å². The lowest BCUT2D eigenvalue weighted by Crippen LogP contribution is -2.19. The first-order valence-electron chi connectivity index (χ1n) is 9.17. The van der Waals surface area contributed by atoms with Gasteiger partial charge in [-0.05, 0) is 60.7 Å². The first-order chi connectivity index (χ1) is 14.7. The van der Waals surface area contributed by atoms with Crippen molar-refractivity contribution >= 4 is 29.0 Å². The van der Waals surface area contributed by atoms with E-state index >= 15 is 0 Å². The lowest BCUT2D eigenvalue weighted by atomic mass is 10.2. The molecule has 3 amide bonds. The summed E-state index contributed by atoms with van der Waals surface area (Å²) in [6.45, 7) is 0. The van der Waals surface area contributed by atoms with Gasteiger partial charge in [0, 0.05) is 22.6 Å². The zero-order valence-electron chi connectivity index (χ0n) is 15.8. The standard InChI is InChI=1S/C22H18N6O2/c29-21(16-6-12-20(13-7-16)28-15-23-14-24-28)25-18-8-10-19(11-9-18)27-22(30)26-17-4-2-1-3-5-17/h1-15H,(H,25,29)(H2,26,27,30). The Balaban J connectivity index is 1.34. The highest BCUT2D eigenvalue weighted by atomic mass is 16.2. The number of para-hydroxylation sites is 1. The summed E-state index contributed by atoms with van der Waals surface area (Å²) >= 11 is 0. The number of aromatic nitrogens is 3. The van der Waals surface area contributed by atoms with Gasteiger partial charge < -0.3 is 16.0 Å². The molecule has 0 unspecified atom stereocenters. The van der Waals surface area contributed by atoms with Crippen LogP contribution in [-0.4, -0.2) is 26.7 Å². The van der Waals surface area contributed by atoms with Gasteiger partial charge in [0.25, 0.3) is 5.91 Å². The van der Waals surface area contributed by atoms with Crippen LogP contribution in [-0.2, 0) is 0 Å². The number of amides is 3. The molecule has 0 spiro atoms. The van der Waals surface area contributed by atoms with Crippen LogP contribution >= 0.6 is 0 Å². The quantitative estimate of drug-likeness (QED) is 0.470. The van der Waals surface area contributed by atoms with Crippen molar-refractivity contribution in [1.29, 1.82) is 0 Å². The van der Waals surface area contributed by atoms with E-state index in [9.17, 15) is 9.59 Å². The maximum atomic E-state index is 12.5. The Hall–Kier alpha value is -4.46. The maximum absolute atomic E-state index is 12.5. The Morgan fingerprint density at radius 2 is 1.30 bits per heavy atom. The highest BCUT2D eigenvalue weighted by molar-refractivity contribution is 6.04. The molecular formula is C22H18N6O2. The van der Waals surface area contributed by atoms with Crippen molar-refractivity contribution in [3.8, 4) is 5.69 Å². The largest absolute Gasteiger partial charge is 0.323 e. The van der Waals surface area contributed by atoms with E-state index in [1.807, 2.05) is 18.2 Å². The molecule has 148 valence electrons. The summed E-state index contributed by atoms with van der Waals surface area (Å²) in [5.74, 6) is -0.234. The summed E-state index contributed by atoms with van der Waals surface area (Å²) in [6, 6.07) is 22.7. The van der Waals surface area contributed by atoms with E-state index in [1.165, 1.54) is 6.33 Å². The van der Waals surface area contributed by atoms with Gasteiger partial charge in [0.15, 0.2) is 0 Å². The smallest absolute Gasteiger partial charge is 0.322 e. The highest BCUT2D eigenvalue weighted by Gasteiger charge is 2.08. The van der Waals surface area contributed by atoms with E-state index in [2.05, 4.69) is 26.0 Å². The molecule has 0 radical (unpaired) electrons. The van der Waals surface area contributed by atoms with Crippen LogP contribution in [0.5, 0.6) is 0 Å². The topological polar surface area (TPSA) is 101 Å². The van der Waals surface area contributed by atoms with Crippen molar-refractivity contribution in [2.75, 3.05) is 16.0 Å². The van der Waals surface area contributed by atoms with Crippen molar-refractivity contribution in [3.05, 3.63) is 97.1 Å². The predicted octanol–water partition coefficient (Wildman–Crippen LogP) is 4.16. The minimum absolute atomic E-state index is 0.234. The normalized spacial score (nSPS) is 10.3. The lowest BCUT2D eigenvalue weighted by Gasteiger charge is -2.09. The number of nitrogens with zero attached hydrogens (tertiary/aromatic N) is 3. The Morgan fingerprint density at radius 3 is 1.90 bits per heavy atom. The summed E-state index contributed by atoms with van der Waals surface area (Å²) in [6.07, 6.45) is 3.04. The van der Waals surface area contributed by atoms with Gasteiger partial charge in [-0.3, -0.25) is 4.79 Å². The van der Waals surface area contributed by atoms with Gasteiger partial charge in [-0.25, -0.2) is 14.5 Å². The number of carbonyl (C=O) groups excluding carboxylic acids is 2. The fourth-order valence-corrected chi connectivity index (χ4v) is 2.76. The zero-order chi connectivity index (χ0) is 20.8. The summed E-state index contributed by atoms with van der Waals surface area (Å²) in [5.41, 5.74) is 3.26. The van der Waals surface area contributed by atoms with Crippen molar-refractivity contribution in [2.45, 2.75) is 0 Å². The maximum Gasteiger partial charge on any atom is 0.323 e. The fourth-order valence-electron chi connectivity index (χ4n) is 2.76. The Kier molecular flexibility index (Phi) is 5.47. The molecule has 3 N–H and O–H groups in total. The van der Waals surface area contributed by atoms with Gasteiger partial charge >= 0.3 is 6.03 Å². The first kappa shape index (κ1) is 18.9. The molecule has 0 bridgehead atoms. The van der Waals surface area contributed by atoms with Gasteiger partial charge in [-0.2, -0.15) is 5.10 Å². The second kappa shape index (κ2) is 8.70. The predicted molar refractivity (Wildman–Crippen MR) is 115 cm³/mol. The van der Waals surface area contributed by atoms with E-state index in [0.29, 0.717) is 22.6 Å². The fraction of sp³-hybridized carbons (Fsp3) is 0. The number of hydrogen-bond acceptors (Lipinski definition) is 4. The van der Waals surface area contributed by atoms with Crippen molar-refractivity contribution < 1.29 is 9.59 Å². The highest BCUT2D eigenvalue weighted by Crippen LogP contribution is 2.16. The number of hydrogen-bond donors (Lipinski definition) is 3. The molecule has 0 aliphatic carbocycles. The molecule has 8 heteroatoms. The molecule has 4 aromatic rings. The molecule has 0 aliphatic heterocycles. The van der Waals surface area contributed by atoms with E-state index in [-0.39, 0.29) is 11.9 Å². The van der Waals surface area contributed by atoms with E-state index < -0.39 is 0 Å². The minimum Gasteiger partial charge on any atom is -0.322 e. The second-order valence-electron chi connectivity index (χ2n) is 6.36. The van der Waals surface area contributed by atoms with Crippen LogP contribution in [0.25, 0.3) is 5.69 Å². The molecule has 0 atom stereocenters. The van der Waals surface area contributed by atoms with Crippen LogP contribution in [0.15, 0.2) is 91.5 Å². The average molecular weight is 398 g/mol. The van der Waals surface area contributed by atoms with E-state index in [1.54, 1.807) is 71.7 Å². The van der Waals surface area contributed by atoms with Gasteiger partial charge in [-0.15, -0.1) is 0 Å². The third kappa shape index (κ3) is 4.68. The van der Waals surface area contributed by atoms with Gasteiger partial charge in [0.1, 0.15) is 12.7 Å². The summed E-state index contributed by atoms with van der Waals surface area (Å²) in [5, 5.41) is 12.4. The molecule has 0 fully saturated rings. The number of urea groups is 1. The summed E-state index contributed by atoms with van der Waals surface area (Å²) in [7, 11) is 0. The molecule has 8 nitrogen and oxygen atoms in total. The molecule has 1 aromatic heterocycles. The third-order valence-electron chi connectivity index (χ3n) is 4.25. The lowest BCUT2D eigenvalue weighted by molar-refractivity contribution is 0.102. The number of anilines is 3. The number of nitrogens with one attached hydrogen (secondary N) is 3. The van der Waals surface area contributed by atoms with Crippen molar-refractivity contribution in [2.24, 2.45) is 0 Å². The molecule has 30 heavy (non-hydrogen) atoms. The van der Waals surface area contributed by atoms with Gasteiger partial charge in [-0.1, -0.05) is 18.2 Å². The van der Waals surface area contributed by atoms with Crippen molar-refractivity contribution in [3.63, 3.8) is 0 Å². The van der Waals surface area contributed by atoms with Gasteiger partial charge in [0.05, 0.1) is 5.69 Å². The Morgan fingerprint density at radius 1 is 0.700 bits per heavy atom. The van der Waals surface area contributed by atoms with Crippen molar-refractivity contribution in [1.82, 2.24) is 14.8 Å². The second-order valence-corrected chi connectivity index (χ2v) is 6.36. The van der Waals surface area contributed by atoms with Crippen LogP contribution in [0.2, 0.25) is 0 Å². The average Bonchev–Trinajstić information content (AvgIpc) is 3.31. The molecule has 4 rings (SSSR count). The summed E-state index contributed by atoms with van der Waals surface area (Å²) < 4.78 is 1.61. The van der Waals surface area contributed by atoms with Crippen LogP contribution < -0.4 is 16.0 Å². The van der Waals surface area contributed by atoms with Crippen LogP contribution in [0.4, 0.5) is 21.9 Å². The monoisotopic (exact) mass is 398 g/mol. The third-order valence-corrected chi connectivity index (χ3v) is 4.25. The molecule has 0 saturated carbocycles. The minimum atomic E-state index is -0.342. The number of carbonyl (C=O) groups is 2. The molecular weight excluding hydrogens is 380 g/mol. The Labute approximate surface area is 172 Å². The molecule has 0 aliphatic rings. The summed E-state index contributed by atoms with van der Waals surface area (Å²) in [4.78, 5) is 28.4. The van der Waals surface area contributed by atoms with Gasteiger partial charge in [0.2, 0.25) is 0 Å². The SMILES string of the molecule is O=C(Nc1ccccc1)Nc1ccc(NC(=O)c2ccc(-n3cncn3)cc2)cc1. The van der Waals surface area contributed by atoms with Crippen LogP contribution in [0.3, 0.4) is 0 Å². The van der Waals surface area contributed by atoms with E-state index in [4.69, 9.17) is 0 Å².